The van der Waals surface area contributed by atoms with Crippen molar-refractivity contribution in [3.8, 4) is 0 Å². The molecule has 0 aromatic carbocycles. The van der Waals surface area contributed by atoms with E-state index in [1.54, 1.807) is 0 Å². The lowest BCUT2D eigenvalue weighted by Crippen LogP contribution is -2.15. The van der Waals surface area contributed by atoms with E-state index in [2.05, 4.69) is 10.3 Å². The Bertz CT molecular complexity index is 401. The van der Waals surface area contributed by atoms with Gasteiger partial charge in [-0.2, -0.15) is 0 Å². The third-order valence-corrected chi connectivity index (χ3v) is 2.51. The molecule has 0 aliphatic carbocycles. The van der Waals surface area contributed by atoms with Gasteiger partial charge in [0.2, 0.25) is 5.91 Å². The Morgan fingerprint density at radius 3 is 2.65 bits per heavy atom. The van der Waals surface area contributed by atoms with Gasteiger partial charge in [-0.25, -0.2) is 9.78 Å². The minimum absolute atomic E-state index is 0.102. The Hall–Kier alpha value is -1.91. The van der Waals surface area contributed by atoms with Crippen LogP contribution in [0.1, 0.15) is 37.0 Å². The van der Waals surface area contributed by atoms with Gasteiger partial charge >= 0.3 is 5.97 Å². The molecule has 1 aromatic heterocycles. The Kier molecular flexibility index (Phi) is 4.63. The van der Waals surface area contributed by atoms with Crippen LogP contribution in [-0.4, -0.2) is 22.0 Å². The number of hydrogen-bond donors (Lipinski definition) is 2. The number of carboxylic acids is 1. The Balaban J connectivity index is 2.57. The van der Waals surface area contributed by atoms with Crippen LogP contribution in [0.5, 0.6) is 0 Å². The van der Waals surface area contributed by atoms with E-state index in [1.807, 2.05) is 13.8 Å². The van der Waals surface area contributed by atoms with E-state index < -0.39 is 5.97 Å². The lowest BCUT2D eigenvalue weighted by atomic mass is 10.1. The fourth-order valence-electron chi connectivity index (χ4n) is 1.25. The summed E-state index contributed by atoms with van der Waals surface area (Å²) in [6, 6.07) is 2.90. The van der Waals surface area contributed by atoms with E-state index in [-0.39, 0.29) is 11.5 Å². The minimum Gasteiger partial charge on any atom is -0.478 e. The molecule has 0 aliphatic heterocycles. The van der Waals surface area contributed by atoms with Gasteiger partial charge < -0.3 is 10.4 Å². The second kappa shape index (κ2) is 5.98. The molecule has 1 aromatic rings. The standard InChI is InChI=1S/C12H16N2O3/c1-3-8(2)6-11(15)14-10-5-4-9(7-13-10)12(16)17/h4-5,7-8H,3,6H2,1-2H3,(H,16,17)(H,13,14,15). The van der Waals surface area contributed by atoms with E-state index in [0.29, 0.717) is 18.2 Å². The summed E-state index contributed by atoms with van der Waals surface area (Å²) < 4.78 is 0. The smallest absolute Gasteiger partial charge is 0.337 e. The first kappa shape index (κ1) is 13.2. The van der Waals surface area contributed by atoms with Gasteiger partial charge in [0.1, 0.15) is 5.82 Å². The molecule has 0 fully saturated rings. The van der Waals surface area contributed by atoms with Gasteiger partial charge in [-0.05, 0) is 18.1 Å². The van der Waals surface area contributed by atoms with E-state index in [9.17, 15) is 9.59 Å². The zero-order valence-corrected chi connectivity index (χ0v) is 9.93. The van der Waals surface area contributed by atoms with Crippen LogP contribution in [0.15, 0.2) is 18.3 Å². The minimum atomic E-state index is -1.03. The van der Waals surface area contributed by atoms with Gasteiger partial charge in [-0.3, -0.25) is 4.79 Å². The number of rotatable bonds is 5. The normalized spacial score (nSPS) is 11.9. The highest BCUT2D eigenvalue weighted by Gasteiger charge is 2.09. The first-order valence-electron chi connectivity index (χ1n) is 5.52. The molecule has 2 N–H and O–H groups in total. The number of carbonyl (C=O) groups excluding carboxylic acids is 1. The molecule has 0 saturated carbocycles. The molecule has 17 heavy (non-hydrogen) atoms. The summed E-state index contributed by atoms with van der Waals surface area (Å²) in [7, 11) is 0. The maximum absolute atomic E-state index is 11.5. The fraction of sp³-hybridized carbons (Fsp3) is 0.417. The van der Waals surface area contributed by atoms with Crippen LogP contribution in [0.2, 0.25) is 0 Å². The maximum atomic E-state index is 11.5. The summed E-state index contributed by atoms with van der Waals surface area (Å²) in [5, 5.41) is 11.3. The van der Waals surface area contributed by atoms with Gasteiger partial charge in [0, 0.05) is 12.6 Å². The van der Waals surface area contributed by atoms with Crippen molar-refractivity contribution in [1.29, 1.82) is 0 Å². The molecule has 0 radical (unpaired) electrons. The van der Waals surface area contributed by atoms with Crippen LogP contribution in [0.25, 0.3) is 0 Å². The van der Waals surface area contributed by atoms with Crippen LogP contribution in [0.3, 0.4) is 0 Å². The molecule has 5 nitrogen and oxygen atoms in total. The van der Waals surface area contributed by atoms with Crippen molar-refractivity contribution in [2.75, 3.05) is 5.32 Å². The lowest BCUT2D eigenvalue weighted by Gasteiger charge is -2.08. The van der Waals surface area contributed by atoms with Gasteiger partial charge in [0.15, 0.2) is 0 Å². The molecular weight excluding hydrogens is 220 g/mol. The molecule has 0 aliphatic rings. The number of aromatic nitrogens is 1. The molecule has 0 saturated heterocycles. The molecule has 92 valence electrons. The third-order valence-electron chi connectivity index (χ3n) is 2.51. The van der Waals surface area contributed by atoms with E-state index in [4.69, 9.17) is 5.11 Å². The third kappa shape index (κ3) is 4.22. The molecule has 1 unspecified atom stereocenters. The summed E-state index contributed by atoms with van der Waals surface area (Å²) in [4.78, 5) is 26.0. The second-order valence-electron chi connectivity index (χ2n) is 4.00. The summed E-state index contributed by atoms with van der Waals surface area (Å²) in [6.07, 6.45) is 2.61. The van der Waals surface area contributed by atoms with Crippen LogP contribution in [-0.2, 0) is 4.79 Å². The first-order chi connectivity index (χ1) is 8.02. The summed E-state index contributed by atoms with van der Waals surface area (Å²) in [5.41, 5.74) is 0.102. The molecular formula is C12H16N2O3. The Labute approximate surface area is 99.9 Å². The predicted octanol–water partition coefficient (Wildman–Crippen LogP) is 2.15. The fourth-order valence-corrected chi connectivity index (χ4v) is 1.25. The summed E-state index contributed by atoms with van der Waals surface area (Å²) >= 11 is 0. The van der Waals surface area contributed by atoms with Gasteiger partial charge in [0.25, 0.3) is 0 Å². The van der Waals surface area contributed by atoms with Crippen molar-refractivity contribution in [3.05, 3.63) is 23.9 Å². The van der Waals surface area contributed by atoms with Gasteiger partial charge in [-0.1, -0.05) is 20.3 Å². The number of pyridine rings is 1. The number of carboxylic acid groups (broad SMARTS) is 1. The molecule has 1 atom stereocenters. The van der Waals surface area contributed by atoms with E-state index in [0.717, 1.165) is 6.42 Å². The molecule has 1 heterocycles. The van der Waals surface area contributed by atoms with Gasteiger partial charge in [-0.15, -0.1) is 0 Å². The number of nitrogens with zero attached hydrogens (tertiary/aromatic N) is 1. The van der Waals surface area contributed by atoms with Crippen molar-refractivity contribution in [1.82, 2.24) is 4.98 Å². The second-order valence-corrected chi connectivity index (χ2v) is 4.00. The largest absolute Gasteiger partial charge is 0.478 e. The number of hydrogen-bond acceptors (Lipinski definition) is 3. The van der Waals surface area contributed by atoms with Gasteiger partial charge in [0.05, 0.1) is 5.56 Å². The number of amides is 1. The van der Waals surface area contributed by atoms with Crippen LogP contribution >= 0.6 is 0 Å². The molecule has 1 rings (SSSR count). The monoisotopic (exact) mass is 236 g/mol. The van der Waals surface area contributed by atoms with Crippen molar-refractivity contribution in [2.24, 2.45) is 5.92 Å². The predicted molar refractivity (Wildman–Crippen MR) is 63.9 cm³/mol. The molecule has 1 amide bonds. The maximum Gasteiger partial charge on any atom is 0.337 e. The highest BCUT2D eigenvalue weighted by Crippen LogP contribution is 2.10. The topological polar surface area (TPSA) is 79.3 Å². The van der Waals surface area contributed by atoms with Crippen molar-refractivity contribution in [2.45, 2.75) is 26.7 Å². The van der Waals surface area contributed by atoms with Crippen LogP contribution < -0.4 is 5.32 Å². The van der Waals surface area contributed by atoms with Crippen LogP contribution in [0, 0.1) is 5.92 Å². The molecule has 0 bridgehead atoms. The number of nitrogens with one attached hydrogen (secondary N) is 1. The number of anilines is 1. The highest BCUT2D eigenvalue weighted by molar-refractivity contribution is 5.91. The average molecular weight is 236 g/mol. The quantitative estimate of drug-likeness (QED) is 0.821. The SMILES string of the molecule is CCC(C)CC(=O)Nc1ccc(C(=O)O)cn1. The Morgan fingerprint density at radius 1 is 1.47 bits per heavy atom. The van der Waals surface area contributed by atoms with Crippen molar-refractivity contribution < 1.29 is 14.7 Å². The van der Waals surface area contributed by atoms with E-state index >= 15 is 0 Å². The highest BCUT2D eigenvalue weighted by atomic mass is 16.4. The van der Waals surface area contributed by atoms with Crippen molar-refractivity contribution in [3.63, 3.8) is 0 Å². The summed E-state index contributed by atoms with van der Waals surface area (Å²) in [6.45, 7) is 4.03. The average Bonchev–Trinajstić information content (AvgIpc) is 2.29. The zero-order valence-electron chi connectivity index (χ0n) is 9.93. The first-order valence-corrected chi connectivity index (χ1v) is 5.52. The zero-order chi connectivity index (χ0) is 12.8. The summed E-state index contributed by atoms with van der Waals surface area (Å²) in [5.74, 6) is -0.429. The molecule has 0 spiro atoms. The number of aromatic carboxylic acids is 1. The lowest BCUT2D eigenvalue weighted by molar-refractivity contribution is -0.117. The van der Waals surface area contributed by atoms with Crippen LogP contribution in [0.4, 0.5) is 5.82 Å². The Morgan fingerprint density at radius 2 is 2.18 bits per heavy atom. The van der Waals surface area contributed by atoms with Crippen molar-refractivity contribution >= 4 is 17.7 Å². The number of carbonyl (C=O) groups is 2. The van der Waals surface area contributed by atoms with E-state index in [1.165, 1.54) is 18.3 Å². The molecule has 5 heteroatoms.